The number of esters is 1. The SMILES string of the molecule is O=C(OCc1nnc(-c2ccc([N+](=O)[O-])cc2)o1)c1cc(-c2ccccc2)nc2ccccc12. The van der Waals surface area contributed by atoms with E-state index in [-0.39, 0.29) is 24.1 Å². The lowest BCUT2D eigenvalue weighted by molar-refractivity contribution is -0.384. The van der Waals surface area contributed by atoms with Crippen LogP contribution < -0.4 is 0 Å². The van der Waals surface area contributed by atoms with E-state index in [4.69, 9.17) is 9.15 Å². The number of non-ortho nitro benzene ring substituents is 1. The Kier molecular flexibility index (Phi) is 5.49. The summed E-state index contributed by atoms with van der Waals surface area (Å²) in [5.41, 5.74) is 3.06. The van der Waals surface area contributed by atoms with Gasteiger partial charge in [0.05, 0.1) is 21.7 Å². The Balaban J connectivity index is 1.37. The predicted molar refractivity (Wildman–Crippen MR) is 123 cm³/mol. The average molecular weight is 452 g/mol. The number of nitro benzene ring substituents is 1. The van der Waals surface area contributed by atoms with Crippen molar-refractivity contribution in [3.63, 3.8) is 0 Å². The molecule has 0 amide bonds. The lowest BCUT2D eigenvalue weighted by atomic mass is 10.0. The molecule has 5 rings (SSSR count). The lowest BCUT2D eigenvalue weighted by Crippen LogP contribution is -2.07. The highest BCUT2D eigenvalue weighted by Gasteiger charge is 2.17. The summed E-state index contributed by atoms with van der Waals surface area (Å²) in [5.74, 6) is -0.282. The number of para-hydroxylation sites is 1. The van der Waals surface area contributed by atoms with E-state index in [2.05, 4.69) is 15.2 Å². The normalized spacial score (nSPS) is 10.8. The van der Waals surface area contributed by atoms with Gasteiger partial charge >= 0.3 is 5.97 Å². The fraction of sp³-hybridized carbons (Fsp3) is 0.0400. The van der Waals surface area contributed by atoms with Gasteiger partial charge in [0.1, 0.15) is 0 Å². The van der Waals surface area contributed by atoms with E-state index in [9.17, 15) is 14.9 Å². The molecule has 0 N–H and O–H groups in total. The number of pyridine rings is 1. The third-order valence-corrected chi connectivity index (χ3v) is 5.12. The number of nitro groups is 1. The van der Waals surface area contributed by atoms with Gasteiger partial charge in [-0.25, -0.2) is 9.78 Å². The van der Waals surface area contributed by atoms with Crippen LogP contribution in [0.15, 0.2) is 89.3 Å². The van der Waals surface area contributed by atoms with Crippen LogP contribution in [0.2, 0.25) is 0 Å². The van der Waals surface area contributed by atoms with Crippen molar-refractivity contribution in [3.8, 4) is 22.7 Å². The third kappa shape index (κ3) is 4.22. The Labute approximate surface area is 192 Å². The van der Waals surface area contributed by atoms with Gasteiger partial charge in [0.25, 0.3) is 11.6 Å². The fourth-order valence-electron chi connectivity index (χ4n) is 3.46. The van der Waals surface area contributed by atoms with Gasteiger partial charge in [-0.3, -0.25) is 10.1 Å². The molecular weight excluding hydrogens is 436 g/mol. The van der Waals surface area contributed by atoms with Gasteiger partial charge in [0, 0.05) is 28.6 Å². The van der Waals surface area contributed by atoms with Crippen molar-refractivity contribution in [2.24, 2.45) is 0 Å². The minimum atomic E-state index is -0.550. The Hall–Kier alpha value is -4.92. The number of rotatable bonds is 6. The Morgan fingerprint density at radius 3 is 2.41 bits per heavy atom. The zero-order valence-electron chi connectivity index (χ0n) is 17.6. The number of ether oxygens (including phenoxy) is 1. The summed E-state index contributed by atoms with van der Waals surface area (Å²) in [6, 6.07) is 24.3. The fourth-order valence-corrected chi connectivity index (χ4v) is 3.46. The second-order valence-electron chi connectivity index (χ2n) is 7.32. The van der Waals surface area contributed by atoms with Gasteiger partial charge in [-0.05, 0) is 24.3 Å². The maximum atomic E-state index is 13.0. The third-order valence-electron chi connectivity index (χ3n) is 5.12. The van der Waals surface area contributed by atoms with Crippen LogP contribution in [0, 0.1) is 10.1 Å². The van der Waals surface area contributed by atoms with Crippen molar-refractivity contribution in [2.45, 2.75) is 6.61 Å². The first-order valence-electron chi connectivity index (χ1n) is 10.3. The maximum absolute atomic E-state index is 13.0. The summed E-state index contributed by atoms with van der Waals surface area (Å²) < 4.78 is 11.0. The zero-order valence-corrected chi connectivity index (χ0v) is 17.6. The first kappa shape index (κ1) is 21.0. The van der Waals surface area contributed by atoms with Crippen LogP contribution in [0.5, 0.6) is 0 Å². The molecule has 0 aliphatic carbocycles. The van der Waals surface area contributed by atoms with E-state index < -0.39 is 10.9 Å². The molecule has 0 saturated carbocycles. The van der Waals surface area contributed by atoms with Gasteiger partial charge in [0.2, 0.25) is 5.89 Å². The molecule has 0 aliphatic rings. The van der Waals surface area contributed by atoms with Gasteiger partial charge < -0.3 is 9.15 Å². The number of fused-ring (bicyclic) bond motifs is 1. The number of carbonyl (C=O) groups is 1. The van der Waals surface area contributed by atoms with Crippen molar-refractivity contribution >= 4 is 22.6 Å². The van der Waals surface area contributed by atoms with E-state index in [1.807, 2.05) is 54.6 Å². The van der Waals surface area contributed by atoms with Crippen molar-refractivity contribution in [3.05, 3.63) is 106 Å². The molecule has 9 nitrogen and oxygen atoms in total. The Bertz CT molecular complexity index is 1500. The van der Waals surface area contributed by atoms with Gasteiger partial charge in [-0.15, -0.1) is 10.2 Å². The molecule has 34 heavy (non-hydrogen) atoms. The molecule has 0 bridgehead atoms. The standard InChI is InChI=1S/C25H16N4O5/c30-25(33-15-23-27-28-24(34-23)17-10-12-18(13-11-17)29(31)32)20-14-22(16-6-2-1-3-7-16)26-21-9-5-4-8-19(20)21/h1-14H,15H2. The highest BCUT2D eigenvalue weighted by atomic mass is 16.6. The molecular formula is C25H16N4O5. The van der Waals surface area contributed by atoms with E-state index >= 15 is 0 Å². The van der Waals surface area contributed by atoms with Gasteiger partial charge in [-0.2, -0.15) is 0 Å². The second-order valence-corrected chi connectivity index (χ2v) is 7.32. The highest BCUT2D eigenvalue weighted by molar-refractivity contribution is 6.04. The number of carbonyl (C=O) groups excluding carboxylic acids is 1. The first-order valence-corrected chi connectivity index (χ1v) is 10.3. The molecule has 9 heteroatoms. The number of nitrogens with zero attached hydrogens (tertiary/aromatic N) is 4. The average Bonchev–Trinajstić information content (AvgIpc) is 3.36. The van der Waals surface area contributed by atoms with Crippen molar-refractivity contribution in [1.29, 1.82) is 0 Å². The van der Waals surface area contributed by atoms with Crippen LogP contribution in [0.25, 0.3) is 33.6 Å². The smallest absolute Gasteiger partial charge is 0.339 e. The van der Waals surface area contributed by atoms with E-state index in [0.29, 0.717) is 27.7 Å². The van der Waals surface area contributed by atoms with Crippen LogP contribution in [0.3, 0.4) is 0 Å². The second kappa shape index (κ2) is 8.91. The largest absolute Gasteiger partial charge is 0.452 e. The van der Waals surface area contributed by atoms with Crippen LogP contribution in [0.1, 0.15) is 16.2 Å². The minimum absolute atomic E-state index is 0.0446. The topological polar surface area (TPSA) is 121 Å². The van der Waals surface area contributed by atoms with Crippen LogP contribution >= 0.6 is 0 Å². The van der Waals surface area contributed by atoms with Crippen LogP contribution in [-0.4, -0.2) is 26.1 Å². The van der Waals surface area contributed by atoms with Crippen molar-refractivity contribution < 1.29 is 18.9 Å². The van der Waals surface area contributed by atoms with E-state index in [0.717, 1.165) is 5.56 Å². The van der Waals surface area contributed by atoms with E-state index in [1.54, 1.807) is 6.07 Å². The van der Waals surface area contributed by atoms with Gasteiger partial charge in [0.15, 0.2) is 6.61 Å². The van der Waals surface area contributed by atoms with Crippen molar-refractivity contribution in [2.75, 3.05) is 0 Å². The molecule has 5 aromatic rings. The molecule has 0 saturated heterocycles. The Morgan fingerprint density at radius 2 is 1.65 bits per heavy atom. The summed E-state index contributed by atoms with van der Waals surface area (Å²) in [6.45, 7) is -0.226. The molecule has 166 valence electrons. The zero-order chi connectivity index (χ0) is 23.5. The molecule has 2 aromatic heterocycles. The summed E-state index contributed by atoms with van der Waals surface area (Å²) in [7, 11) is 0. The number of benzene rings is 3. The summed E-state index contributed by atoms with van der Waals surface area (Å²) in [4.78, 5) is 28.0. The molecule has 3 aromatic carbocycles. The molecule has 0 spiro atoms. The molecule has 0 unspecified atom stereocenters. The summed E-state index contributed by atoms with van der Waals surface area (Å²) in [6.07, 6.45) is 0. The van der Waals surface area contributed by atoms with Crippen LogP contribution in [-0.2, 0) is 11.3 Å². The maximum Gasteiger partial charge on any atom is 0.339 e. The quantitative estimate of drug-likeness (QED) is 0.195. The molecule has 0 fully saturated rings. The molecule has 0 aliphatic heterocycles. The summed E-state index contributed by atoms with van der Waals surface area (Å²) >= 11 is 0. The predicted octanol–water partition coefficient (Wildman–Crippen LogP) is 5.22. The first-order chi connectivity index (χ1) is 16.6. The minimum Gasteiger partial charge on any atom is -0.452 e. The number of hydrogen-bond donors (Lipinski definition) is 0. The lowest BCUT2D eigenvalue weighted by Gasteiger charge is -2.09. The molecule has 2 heterocycles. The van der Waals surface area contributed by atoms with Crippen LogP contribution in [0.4, 0.5) is 5.69 Å². The number of aromatic nitrogens is 3. The van der Waals surface area contributed by atoms with E-state index in [1.165, 1.54) is 24.3 Å². The van der Waals surface area contributed by atoms with Crippen molar-refractivity contribution in [1.82, 2.24) is 15.2 Å². The highest BCUT2D eigenvalue weighted by Crippen LogP contribution is 2.26. The molecule has 0 atom stereocenters. The summed E-state index contributed by atoms with van der Waals surface area (Å²) in [5, 5.41) is 19.3. The number of hydrogen-bond acceptors (Lipinski definition) is 8. The monoisotopic (exact) mass is 452 g/mol. The van der Waals surface area contributed by atoms with Gasteiger partial charge in [-0.1, -0.05) is 48.5 Å². The Morgan fingerprint density at radius 1 is 0.912 bits per heavy atom. The molecule has 0 radical (unpaired) electrons.